The number of hydrogen-bond donors (Lipinski definition) is 1. The molecule has 0 saturated carbocycles. The van der Waals surface area contributed by atoms with Crippen molar-refractivity contribution in [1.29, 1.82) is 0 Å². The smallest absolute Gasteiger partial charge is 0.239 e. The van der Waals surface area contributed by atoms with Crippen molar-refractivity contribution in [2.45, 2.75) is 39.2 Å². The maximum absolute atomic E-state index is 11.1. The number of aryl methyl sites for hydroxylation is 1. The molecule has 1 aromatic carbocycles. The highest BCUT2D eigenvalue weighted by atomic mass is 16.5. The predicted molar refractivity (Wildman–Crippen MR) is 141 cm³/mol. The molecule has 1 fully saturated rings. The molecule has 1 aliphatic rings. The quantitative estimate of drug-likeness (QED) is 0.401. The number of nitrogens with zero attached hydrogens (tertiary/aromatic N) is 8. The van der Waals surface area contributed by atoms with Gasteiger partial charge < -0.3 is 24.2 Å². The summed E-state index contributed by atoms with van der Waals surface area (Å²) in [5.41, 5.74) is 3.28. The van der Waals surface area contributed by atoms with Crippen LogP contribution in [-0.2, 0) is 11.8 Å². The summed E-state index contributed by atoms with van der Waals surface area (Å²) in [6.45, 7) is 10.5. The van der Waals surface area contributed by atoms with E-state index < -0.39 is 6.10 Å². The highest BCUT2D eigenvalue weighted by Crippen LogP contribution is 2.31. The number of rotatable bonds is 8. The molecule has 5 rings (SSSR count). The molecule has 10 heteroatoms. The van der Waals surface area contributed by atoms with E-state index in [2.05, 4.69) is 41.2 Å². The maximum Gasteiger partial charge on any atom is 0.239 e. The van der Waals surface area contributed by atoms with Crippen LogP contribution in [0, 0.1) is 0 Å². The van der Waals surface area contributed by atoms with Gasteiger partial charge >= 0.3 is 0 Å². The van der Waals surface area contributed by atoms with Crippen LogP contribution in [0.4, 0.5) is 5.82 Å². The van der Waals surface area contributed by atoms with Gasteiger partial charge in [-0.05, 0) is 32.1 Å². The Morgan fingerprint density at radius 3 is 2.53 bits per heavy atom. The summed E-state index contributed by atoms with van der Waals surface area (Å²) in [5.74, 6) is 3.01. The minimum atomic E-state index is -0.734. The lowest BCUT2D eigenvalue weighted by Crippen LogP contribution is -2.37. The number of fused-ring (bicyclic) bond motifs is 2. The highest BCUT2D eigenvalue weighted by Gasteiger charge is 2.27. The number of hydrogen-bond acceptors (Lipinski definition) is 8. The topological polar surface area (TPSA) is 97.4 Å². The second-order valence-corrected chi connectivity index (χ2v) is 9.87. The lowest BCUT2D eigenvalue weighted by molar-refractivity contribution is 0.117. The Morgan fingerprint density at radius 1 is 1.06 bits per heavy atom. The van der Waals surface area contributed by atoms with Crippen molar-refractivity contribution in [3.8, 4) is 5.95 Å². The van der Waals surface area contributed by atoms with Crippen LogP contribution in [0.1, 0.15) is 50.9 Å². The number of aliphatic hydroxyl groups is 1. The monoisotopic (exact) mass is 492 g/mol. The van der Waals surface area contributed by atoms with Gasteiger partial charge in [-0.15, -0.1) is 0 Å². The van der Waals surface area contributed by atoms with E-state index >= 15 is 0 Å². The highest BCUT2D eigenvalue weighted by molar-refractivity contribution is 5.86. The first kappa shape index (κ1) is 24.6. The van der Waals surface area contributed by atoms with Gasteiger partial charge in [0, 0.05) is 32.6 Å². The summed E-state index contributed by atoms with van der Waals surface area (Å²) in [4.78, 5) is 24.2. The van der Waals surface area contributed by atoms with Gasteiger partial charge in [0.05, 0.1) is 24.2 Å². The molecule has 1 atom stereocenters. The number of likely N-dealkylation sites (N-methyl/N-ethyl adjacent to an activating group) is 1. The minimum Gasteiger partial charge on any atom is -0.384 e. The van der Waals surface area contributed by atoms with Crippen LogP contribution < -0.4 is 4.90 Å². The fraction of sp³-hybridized carbons (Fsp3) is 0.538. The summed E-state index contributed by atoms with van der Waals surface area (Å²) in [6, 6.07) is 8.08. The molecule has 0 spiro atoms. The molecule has 4 aromatic rings. The zero-order chi connectivity index (χ0) is 25.4. The van der Waals surface area contributed by atoms with Crippen molar-refractivity contribution in [2.24, 2.45) is 7.05 Å². The largest absolute Gasteiger partial charge is 0.384 e. The van der Waals surface area contributed by atoms with Crippen LogP contribution in [0.2, 0.25) is 0 Å². The van der Waals surface area contributed by atoms with E-state index in [0.29, 0.717) is 42.7 Å². The third-order valence-corrected chi connectivity index (χ3v) is 6.72. The lowest BCUT2D eigenvalue weighted by Gasteiger charge is -2.28. The van der Waals surface area contributed by atoms with Crippen LogP contribution in [0.5, 0.6) is 0 Å². The number of aliphatic hydroxyl groups excluding tert-OH is 1. The molecule has 4 heterocycles. The molecule has 1 unspecified atom stereocenters. The SMILES string of the molecule is CCCN(C)CC(O)c1nc2c(N3CCOCC3)nc(-n3c(C(C)C)nc4ccccc43)nc2n1C. The van der Waals surface area contributed by atoms with Crippen LogP contribution in [0.25, 0.3) is 28.1 Å². The molecular formula is C26H36N8O2. The summed E-state index contributed by atoms with van der Waals surface area (Å²) in [6.07, 6.45) is 0.292. The normalized spacial score (nSPS) is 15.6. The Labute approximate surface area is 211 Å². The second kappa shape index (κ2) is 10.1. The van der Waals surface area contributed by atoms with Gasteiger partial charge in [-0.2, -0.15) is 9.97 Å². The molecular weight excluding hydrogens is 456 g/mol. The molecule has 0 bridgehead atoms. The first-order valence-electron chi connectivity index (χ1n) is 12.8. The number of morpholine rings is 1. The molecule has 1 saturated heterocycles. The van der Waals surface area contributed by atoms with E-state index in [0.717, 1.165) is 48.7 Å². The molecule has 192 valence electrons. The number of imidazole rings is 2. The third kappa shape index (κ3) is 4.44. The summed E-state index contributed by atoms with van der Waals surface area (Å²) >= 11 is 0. The van der Waals surface area contributed by atoms with E-state index in [4.69, 9.17) is 24.7 Å². The van der Waals surface area contributed by atoms with E-state index in [1.807, 2.05) is 36.9 Å². The van der Waals surface area contributed by atoms with Crippen molar-refractivity contribution in [3.63, 3.8) is 0 Å². The minimum absolute atomic E-state index is 0.182. The second-order valence-electron chi connectivity index (χ2n) is 9.87. The number of para-hydroxylation sites is 2. The molecule has 3 aromatic heterocycles. The van der Waals surface area contributed by atoms with E-state index in [1.165, 1.54) is 0 Å². The molecule has 0 amide bonds. The van der Waals surface area contributed by atoms with Crippen LogP contribution in [0.15, 0.2) is 24.3 Å². The molecule has 10 nitrogen and oxygen atoms in total. The zero-order valence-corrected chi connectivity index (χ0v) is 21.8. The van der Waals surface area contributed by atoms with Crippen LogP contribution in [0.3, 0.4) is 0 Å². The zero-order valence-electron chi connectivity index (χ0n) is 21.8. The molecule has 1 aliphatic heterocycles. The van der Waals surface area contributed by atoms with Gasteiger partial charge in [0.25, 0.3) is 0 Å². The number of anilines is 1. The maximum atomic E-state index is 11.1. The first-order valence-corrected chi connectivity index (χ1v) is 12.8. The Kier molecular flexibility index (Phi) is 6.92. The van der Waals surface area contributed by atoms with Gasteiger partial charge in [0.15, 0.2) is 17.0 Å². The van der Waals surface area contributed by atoms with E-state index in [1.54, 1.807) is 0 Å². The summed E-state index contributed by atoms with van der Waals surface area (Å²) < 4.78 is 9.57. The predicted octanol–water partition coefficient (Wildman–Crippen LogP) is 3.04. The Hall–Kier alpha value is -3.08. The Morgan fingerprint density at radius 2 is 1.81 bits per heavy atom. The van der Waals surface area contributed by atoms with Crippen molar-refractivity contribution in [3.05, 3.63) is 35.9 Å². The Balaban J connectivity index is 1.71. The van der Waals surface area contributed by atoms with Crippen LogP contribution in [-0.4, -0.2) is 85.5 Å². The van der Waals surface area contributed by atoms with E-state index in [-0.39, 0.29) is 5.92 Å². The fourth-order valence-corrected chi connectivity index (χ4v) is 4.94. The lowest BCUT2D eigenvalue weighted by atomic mass is 10.2. The number of aromatic nitrogens is 6. The molecule has 36 heavy (non-hydrogen) atoms. The van der Waals surface area contributed by atoms with Gasteiger partial charge in [-0.1, -0.05) is 32.9 Å². The molecule has 0 radical (unpaired) electrons. The first-order chi connectivity index (χ1) is 17.4. The summed E-state index contributed by atoms with van der Waals surface area (Å²) in [5, 5.41) is 11.1. The average Bonchev–Trinajstić information content (AvgIpc) is 3.42. The number of benzene rings is 1. The standard InChI is InChI=1S/C26H36N8O2/c1-6-11-31(4)16-20(35)23-28-21-24(32(23)5)29-26(30-25(21)33-12-14-36-15-13-33)34-19-10-8-7-9-18(19)27-22(34)17(2)3/h7-10,17,20,35H,6,11-16H2,1-5H3. The average molecular weight is 493 g/mol. The van der Waals surface area contributed by atoms with Crippen molar-refractivity contribution in [2.75, 3.05) is 51.3 Å². The van der Waals surface area contributed by atoms with Crippen molar-refractivity contribution < 1.29 is 9.84 Å². The summed E-state index contributed by atoms with van der Waals surface area (Å²) in [7, 11) is 3.94. The fourth-order valence-electron chi connectivity index (χ4n) is 4.94. The molecule has 1 N–H and O–H groups in total. The van der Waals surface area contributed by atoms with Crippen molar-refractivity contribution >= 4 is 28.0 Å². The van der Waals surface area contributed by atoms with Crippen molar-refractivity contribution in [1.82, 2.24) is 34.0 Å². The van der Waals surface area contributed by atoms with Gasteiger partial charge in [-0.25, -0.2) is 9.97 Å². The van der Waals surface area contributed by atoms with Crippen LogP contribution >= 0.6 is 0 Å². The van der Waals surface area contributed by atoms with E-state index in [9.17, 15) is 5.11 Å². The Bertz CT molecular complexity index is 1360. The van der Waals surface area contributed by atoms with Gasteiger partial charge in [0.1, 0.15) is 17.8 Å². The van der Waals surface area contributed by atoms with Gasteiger partial charge in [-0.3, -0.25) is 4.57 Å². The molecule has 0 aliphatic carbocycles. The van der Waals surface area contributed by atoms with Gasteiger partial charge in [0.2, 0.25) is 5.95 Å². The third-order valence-electron chi connectivity index (χ3n) is 6.72. The number of ether oxygens (including phenoxy) is 1.